The number of carbonyl (C=O) groups excluding carboxylic acids is 1. The molecule has 4 rings (SSSR count). The molecule has 172 valence electrons. The molecule has 0 aromatic heterocycles. The molecule has 1 heterocycles. The number of benzene rings is 3. The molecule has 0 bridgehead atoms. The van der Waals surface area contributed by atoms with Gasteiger partial charge in [-0.3, -0.25) is 14.6 Å². The second-order valence-electron chi connectivity index (χ2n) is 8.29. The van der Waals surface area contributed by atoms with E-state index in [1.807, 2.05) is 36.4 Å². The van der Waals surface area contributed by atoms with E-state index in [1.165, 1.54) is 11.1 Å². The molecule has 0 aliphatic carbocycles. The van der Waals surface area contributed by atoms with E-state index in [-0.39, 0.29) is 5.91 Å². The lowest BCUT2D eigenvalue weighted by Gasteiger charge is -2.34. The normalized spacial score (nSPS) is 14.8. The minimum atomic E-state index is -0.0206. The Kier molecular flexibility index (Phi) is 8.84. The second kappa shape index (κ2) is 12.2. The van der Waals surface area contributed by atoms with Crippen molar-refractivity contribution in [3.05, 3.63) is 101 Å². The summed E-state index contributed by atoms with van der Waals surface area (Å²) in [5.74, 6) is 0.801. The molecule has 1 aliphatic rings. The van der Waals surface area contributed by atoms with E-state index in [0.29, 0.717) is 12.1 Å². The standard InChI is InChI=1S/C27H30ClN3OS/c28-25-10-12-26(13-11-25)33-19-14-29-27(32)24-8-6-23(7-9-24)21-31-17-15-30(16-18-31)20-22-4-2-1-3-5-22/h1-13H,14-21H2,(H,29,32). The van der Waals surface area contributed by atoms with Crippen molar-refractivity contribution in [1.82, 2.24) is 15.1 Å². The number of hydrogen-bond acceptors (Lipinski definition) is 4. The molecule has 1 fully saturated rings. The van der Waals surface area contributed by atoms with Gasteiger partial charge in [-0.2, -0.15) is 0 Å². The average Bonchev–Trinajstić information content (AvgIpc) is 2.85. The first kappa shape index (κ1) is 23.8. The third-order valence-corrected chi connectivity index (χ3v) is 7.07. The van der Waals surface area contributed by atoms with E-state index in [9.17, 15) is 4.79 Å². The summed E-state index contributed by atoms with van der Waals surface area (Å²) in [6, 6.07) is 26.5. The highest BCUT2D eigenvalue weighted by atomic mass is 35.5. The Labute approximate surface area is 205 Å². The molecular formula is C27H30ClN3OS. The van der Waals surface area contributed by atoms with Crippen molar-refractivity contribution in [3.8, 4) is 0 Å². The molecule has 6 heteroatoms. The number of nitrogens with one attached hydrogen (secondary N) is 1. The second-order valence-corrected chi connectivity index (χ2v) is 9.90. The molecule has 0 atom stereocenters. The summed E-state index contributed by atoms with van der Waals surface area (Å²) in [6.07, 6.45) is 0. The van der Waals surface area contributed by atoms with Gasteiger partial charge in [0, 0.05) is 67.0 Å². The lowest BCUT2D eigenvalue weighted by atomic mass is 10.1. The van der Waals surface area contributed by atoms with Crippen LogP contribution >= 0.6 is 23.4 Å². The molecule has 33 heavy (non-hydrogen) atoms. The van der Waals surface area contributed by atoms with Crippen molar-refractivity contribution >= 4 is 29.3 Å². The number of rotatable bonds is 9. The van der Waals surface area contributed by atoms with E-state index < -0.39 is 0 Å². The Morgan fingerprint density at radius 2 is 1.36 bits per heavy atom. The fourth-order valence-corrected chi connectivity index (χ4v) is 4.83. The Morgan fingerprint density at radius 1 is 0.788 bits per heavy atom. The largest absolute Gasteiger partial charge is 0.351 e. The lowest BCUT2D eigenvalue weighted by Crippen LogP contribution is -2.45. The summed E-state index contributed by atoms with van der Waals surface area (Å²) in [4.78, 5) is 18.6. The van der Waals surface area contributed by atoms with E-state index in [0.717, 1.165) is 54.9 Å². The predicted molar refractivity (Wildman–Crippen MR) is 138 cm³/mol. The highest BCUT2D eigenvalue weighted by Gasteiger charge is 2.17. The van der Waals surface area contributed by atoms with Crippen molar-refractivity contribution < 1.29 is 4.79 Å². The molecular weight excluding hydrogens is 450 g/mol. The first-order valence-corrected chi connectivity index (χ1v) is 12.8. The highest BCUT2D eigenvalue weighted by molar-refractivity contribution is 7.99. The van der Waals surface area contributed by atoms with Gasteiger partial charge in [0.2, 0.25) is 0 Å². The fraction of sp³-hybridized carbons (Fsp3) is 0.296. The summed E-state index contributed by atoms with van der Waals surface area (Å²) in [7, 11) is 0. The number of carbonyl (C=O) groups is 1. The molecule has 3 aromatic carbocycles. The molecule has 1 amide bonds. The number of nitrogens with zero attached hydrogens (tertiary/aromatic N) is 2. The van der Waals surface area contributed by atoms with Crippen LogP contribution in [0.4, 0.5) is 0 Å². The van der Waals surface area contributed by atoms with Crippen LogP contribution in [-0.2, 0) is 13.1 Å². The Hall–Kier alpha value is -2.31. The van der Waals surface area contributed by atoms with Gasteiger partial charge in [-0.15, -0.1) is 11.8 Å². The first-order valence-electron chi connectivity index (χ1n) is 11.4. The van der Waals surface area contributed by atoms with Crippen LogP contribution in [0, 0.1) is 0 Å². The zero-order valence-electron chi connectivity index (χ0n) is 18.8. The minimum absolute atomic E-state index is 0.0206. The monoisotopic (exact) mass is 479 g/mol. The van der Waals surface area contributed by atoms with Gasteiger partial charge in [0.1, 0.15) is 0 Å². The fourth-order valence-electron chi connectivity index (χ4n) is 3.93. The highest BCUT2D eigenvalue weighted by Crippen LogP contribution is 2.19. The van der Waals surface area contributed by atoms with Gasteiger partial charge < -0.3 is 5.32 Å². The third-order valence-electron chi connectivity index (χ3n) is 5.81. The van der Waals surface area contributed by atoms with Gasteiger partial charge in [-0.1, -0.05) is 54.1 Å². The van der Waals surface area contributed by atoms with Gasteiger partial charge >= 0.3 is 0 Å². The Bertz CT molecular complexity index is 1000. The molecule has 0 saturated carbocycles. The predicted octanol–water partition coefficient (Wildman–Crippen LogP) is 5.18. The first-order chi connectivity index (χ1) is 16.2. The maximum Gasteiger partial charge on any atom is 0.251 e. The van der Waals surface area contributed by atoms with Gasteiger partial charge in [-0.05, 0) is 47.5 Å². The number of piperazine rings is 1. The lowest BCUT2D eigenvalue weighted by molar-refractivity contribution is 0.0956. The number of thioether (sulfide) groups is 1. The zero-order chi connectivity index (χ0) is 22.9. The van der Waals surface area contributed by atoms with Crippen molar-refractivity contribution in [3.63, 3.8) is 0 Å². The maximum absolute atomic E-state index is 12.4. The van der Waals surface area contributed by atoms with Crippen LogP contribution in [0.15, 0.2) is 83.8 Å². The molecule has 0 radical (unpaired) electrons. The van der Waals surface area contributed by atoms with Crippen LogP contribution in [0.2, 0.25) is 5.02 Å². The van der Waals surface area contributed by atoms with Crippen molar-refractivity contribution in [2.24, 2.45) is 0 Å². The molecule has 4 nitrogen and oxygen atoms in total. The van der Waals surface area contributed by atoms with Crippen LogP contribution in [-0.4, -0.2) is 54.2 Å². The topological polar surface area (TPSA) is 35.6 Å². The molecule has 0 spiro atoms. The molecule has 0 unspecified atom stereocenters. The van der Waals surface area contributed by atoms with Crippen LogP contribution in [0.25, 0.3) is 0 Å². The maximum atomic E-state index is 12.4. The number of hydrogen-bond donors (Lipinski definition) is 1. The smallest absolute Gasteiger partial charge is 0.251 e. The Balaban J connectivity index is 1.16. The summed E-state index contributed by atoms with van der Waals surface area (Å²) < 4.78 is 0. The van der Waals surface area contributed by atoms with E-state index >= 15 is 0 Å². The van der Waals surface area contributed by atoms with Gasteiger partial charge in [0.05, 0.1) is 0 Å². The molecule has 1 saturated heterocycles. The molecule has 1 aliphatic heterocycles. The molecule has 1 N–H and O–H groups in total. The third kappa shape index (κ3) is 7.61. The van der Waals surface area contributed by atoms with Gasteiger partial charge in [0.25, 0.3) is 5.91 Å². The number of halogens is 1. The van der Waals surface area contributed by atoms with Crippen molar-refractivity contribution in [2.75, 3.05) is 38.5 Å². The SMILES string of the molecule is O=C(NCCSc1ccc(Cl)cc1)c1ccc(CN2CCN(Cc3ccccc3)CC2)cc1. The van der Waals surface area contributed by atoms with E-state index in [1.54, 1.807) is 11.8 Å². The summed E-state index contributed by atoms with van der Waals surface area (Å²) in [6.45, 7) is 6.89. The van der Waals surface area contributed by atoms with Crippen LogP contribution in [0.5, 0.6) is 0 Å². The van der Waals surface area contributed by atoms with Crippen molar-refractivity contribution in [2.45, 2.75) is 18.0 Å². The zero-order valence-corrected chi connectivity index (χ0v) is 20.3. The van der Waals surface area contributed by atoms with Gasteiger partial charge in [-0.25, -0.2) is 0 Å². The summed E-state index contributed by atoms with van der Waals surface area (Å²) in [5, 5.41) is 3.74. The quantitative estimate of drug-likeness (QED) is 0.339. The summed E-state index contributed by atoms with van der Waals surface area (Å²) >= 11 is 7.62. The van der Waals surface area contributed by atoms with Crippen LogP contribution in [0.1, 0.15) is 21.5 Å². The summed E-state index contributed by atoms with van der Waals surface area (Å²) in [5.41, 5.74) is 3.34. The molecule has 3 aromatic rings. The minimum Gasteiger partial charge on any atom is -0.351 e. The van der Waals surface area contributed by atoms with Crippen LogP contribution < -0.4 is 5.32 Å². The van der Waals surface area contributed by atoms with E-state index in [2.05, 4.69) is 57.6 Å². The van der Waals surface area contributed by atoms with E-state index in [4.69, 9.17) is 11.6 Å². The Morgan fingerprint density at radius 3 is 1.97 bits per heavy atom. The van der Waals surface area contributed by atoms with Crippen molar-refractivity contribution in [1.29, 1.82) is 0 Å². The van der Waals surface area contributed by atoms with Crippen LogP contribution in [0.3, 0.4) is 0 Å². The van der Waals surface area contributed by atoms with Gasteiger partial charge in [0.15, 0.2) is 0 Å². The number of amides is 1. The average molecular weight is 480 g/mol.